The fraction of sp³-hybridized carbons (Fsp3) is 0.888. The lowest BCUT2D eigenvalue weighted by Crippen LogP contribution is -2.67. The molecule has 20 rings (SSSR count). The van der Waals surface area contributed by atoms with E-state index in [4.69, 9.17) is 14.9 Å². The van der Waals surface area contributed by atoms with E-state index in [2.05, 4.69) is 228 Å². The van der Waals surface area contributed by atoms with Gasteiger partial charge in [0.15, 0.2) is 0 Å². The third-order valence-corrected chi connectivity index (χ3v) is 35.0. The molecule has 25 heteroatoms. The van der Waals surface area contributed by atoms with Gasteiger partial charge in [-0.25, -0.2) is 0 Å². The van der Waals surface area contributed by atoms with Gasteiger partial charge in [-0.3, -0.25) is 77.7 Å². The predicted molar refractivity (Wildman–Crippen MR) is 570 cm³/mol. The molecule has 14 heterocycles. The molecule has 11 atom stereocenters. The molecular formula is C116H208N10O15. The molecule has 1 spiro atoms. The zero-order valence-electron chi connectivity index (χ0n) is 93.8. The topological polar surface area (TPSA) is 303 Å². The molecule has 6 saturated carbocycles. The zero-order chi connectivity index (χ0) is 105. The molecule has 14 aliphatic heterocycles. The van der Waals surface area contributed by atoms with E-state index < -0.39 is 46.3 Å². The van der Waals surface area contributed by atoms with Crippen LogP contribution in [0.25, 0.3) is 0 Å². The van der Waals surface area contributed by atoms with Crippen LogP contribution in [0.4, 0.5) is 0 Å². The first-order valence-electron chi connectivity index (χ1n) is 56.6. The number of hydrogen-bond acceptors (Lipinski definition) is 20. The van der Waals surface area contributed by atoms with Gasteiger partial charge >= 0.3 is 35.8 Å². The van der Waals surface area contributed by atoms with Gasteiger partial charge in [-0.2, -0.15) is 0 Å². The van der Waals surface area contributed by atoms with Crippen LogP contribution in [-0.2, 0) is 38.3 Å². The second-order valence-corrected chi connectivity index (χ2v) is 52.2. The van der Waals surface area contributed by atoms with Crippen LogP contribution in [0.2, 0.25) is 0 Å². The molecule has 6 aliphatic carbocycles. The standard InChI is InChI=1S/C13H23NO2.C12H21NO2.C12H21NO.C12H23NO.C12H21N.3C11H19NO2.C11H21NO2.C11H21NO/c1-10(2)8-14-9-13(12(15)16-3)6-4-11(14)5-7-13;1-9(2)7-13-8-12(11(14)15)5-3-10(13)4-6-12;1-8(2)6-13-7-10-4-5-11(13)12(10)9(3)14;1-10(2)9-13-8-6-5-7-12(13,4)11(3)14;1-10(2)7-13-8-12(9-13)5-4-11(3)6-12;1-7(2)5-12-6-8-3-9(11(13)14)10(12)4-8;1-8(2)7-12-9-3-5-11(12,6-4-9)10(13)14;1-8(2)7-12-4-3-9-5-11(12,6-9)10(13)14;1-4-10-9(11(13)14)5-6-12(10)7-8(2)3;1-8(2)6-12-7-9(3)5-11(12)10(4)13/h10-11H,4-9H2,1-3H3;9-10H,3-8H2,1-2H3,(H,14,15);8,10-12H,4-7H2,1-3H3;10,14H,3,5-9H2,1-2,4H3;10H,3-9H2,1-2H3;7-10H,3-6H2,1-2H3,(H,13,14);2*8-9H,3-7H2,1-2H3,(H,13,14);8-10H,4-7H2,1-3H3,(H,13,14);8-9,11,13H,4-7H2,1-3H3. The number of Topliss-reactive ketones (excluding diaryl/α,β-unsaturated/α-hetero) is 1. The number of esters is 1. The molecule has 0 amide bonds. The number of rotatable bonds is 30. The molecule has 25 nitrogen and oxygen atoms in total. The number of carbonyl (C=O) groups is 7. The van der Waals surface area contributed by atoms with Gasteiger partial charge in [-0.05, 0) is 302 Å². The van der Waals surface area contributed by atoms with Crippen molar-refractivity contribution in [2.24, 2.45) is 117 Å². The second-order valence-electron chi connectivity index (χ2n) is 52.2. The number of ether oxygens (including phenoxy) is 1. The number of nitrogens with zero attached hydrogens (tertiary/aromatic N) is 10. The highest BCUT2D eigenvalue weighted by atomic mass is 16.5. The molecular weight excluding hydrogens is 1770 g/mol. The molecule has 12 bridgehead atoms. The third-order valence-electron chi connectivity index (χ3n) is 35.0. The average Bonchev–Trinajstić information content (AvgIpc) is 1.59. The smallest absolute Gasteiger partial charge is 0.324 e. The number of ketones is 1. The van der Waals surface area contributed by atoms with Gasteiger partial charge in [-0.15, -0.1) is 0 Å². The van der Waals surface area contributed by atoms with Crippen molar-refractivity contribution < 1.29 is 74.0 Å². The summed E-state index contributed by atoms with van der Waals surface area (Å²) >= 11 is 0. The van der Waals surface area contributed by atoms with Gasteiger partial charge in [0.05, 0.1) is 41.4 Å². The fourth-order valence-electron chi connectivity index (χ4n) is 28.8. The van der Waals surface area contributed by atoms with Crippen LogP contribution in [0.1, 0.15) is 346 Å². The first-order valence-corrected chi connectivity index (χ1v) is 56.6. The van der Waals surface area contributed by atoms with Gasteiger partial charge in [0, 0.05) is 153 Å². The summed E-state index contributed by atoms with van der Waals surface area (Å²) in [6.45, 7) is 85.4. The zero-order valence-corrected chi connectivity index (χ0v) is 93.8. The summed E-state index contributed by atoms with van der Waals surface area (Å²) in [4.78, 5) is 103. The predicted octanol–water partition coefficient (Wildman–Crippen LogP) is 20.6. The minimum Gasteiger partial charge on any atom is -0.511 e. The van der Waals surface area contributed by atoms with Crippen molar-refractivity contribution in [1.29, 1.82) is 0 Å². The summed E-state index contributed by atoms with van der Waals surface area (Å²) in [5.74, 6) is 7.50. The molecule has 141 heavy (non-hydrogen) atoms. The normalized spacial score (nSPS) is 33.4. The first-order chi connectivity index (χ1) is 66.0. The van der Waals surface area contributed by atoms with Crippen molar-refractivity contribution in [3.8, 4) is 0 Å². The molecule has 14 saturated heterocycles. The van der Waals surface area contributed by atoms with Gasteiger partial charge < -0.3 is 45.4 Å². The summed E-state index contributed by atoms with van der Waals surface area (Å²) in [5, 5.41) is 65.1. The number of aliphatic hydroxyl groups is 2. The van der Waals surface area contributed by atoms with E-state index in [0.29, 0.717) is 130 Å². The van der Waals surface area contributed by atoms with Crippen LogP contribution in [0.3, 0.4) is 0 Å². The number of hydrogen-bond donors (Lipinski definition) is 7. The summed E-state index contributed by atoms with van der Waals surface area (Å²) in [6, 6.07) is 3.31. The summed E-state index contributed by atoms with van der Waals surface area (Å²) in [6.07, 6.45) is 30.1. The Morgan fingerprint density at radius 3 is 1.35 bits per heavy atom. The lowest BCUT2D eigenvalue weighted by Gasteiger charge is -2.56. The average molecular weight is 1980 g/mol. The molecule has 0 aromatic heterocycles. The van der Waals surface area contributed by atoms with Crippen molar-refractivity contribution in [2.75, 3.05) is 138 Å². The number of likely N-dealkylation sites (tertiary alicyclic amines) is 6. The quantitative estimate of drug-likeness (QED) is 0.0200. The maximum absolute atomic E-state index is 11.9. The van der Waals surface area contributed by atoms with E-state index in [1.807, 2.05) is 0 Å². The SMILES string of the molecule is C=C(O)C1(C)CCCCN1CC(C)C.C=C(O)C1CC(C)CN1CC(C)C.C=C1CCC2(C1)CN(CC(C)C)C2.CC(=O)C1C2CCC1N(CC(C)C)C2.CC(C)CN1C2CCC1(C(=O)O)CC2.CC(C)CN1CC2(C(=O)O)CCC1CC2.CC(C)CN1CC2CC(C(=O)O)C1C2.CC(C)CN1CCC2CC1(C(=O)O)C2.CCC1C(C(=O)O)CCN1CC(C)C.COC(=O)C12CCC(CC1)N(CC(C)C)C2. The van der Waals surface area contributed by atoms with Crippen LogP contribution in [-0.4, -0.2) is 323 Å². The molecule has 0 aromatic carbocycles. The Hall–Kier alpha value is -5.09. The lowest BCUT2D eigenvalue weighted by molar-refractivity contribution is -0.172. The Labute approximate surface area is 856 Å². The van der Waals surface area contributed by atoms with Crippen molar-refractivity contribution in [3.63, 3.8) is 0 Å². The van der Waals surface area contributed by atoms with E-state index in [1.165, 1.54) is 110 Å². The first kappa shape index (κ1) is 121. The minimum atomic E-state index is -0.622. The number of carboxylic acid groups (broad SMARTS) is 5. The van der Waals surface area contributed by atoms with Gasteiger partial charge in [0.1, 0.15) is 28.4 Å². The number of aliphatic hydroxyl groups excluding tert-OH is 2. The number of fused-ring (bicyclic) bond motifs is 14. The van der Waals surface area contributed by atoms with E-state index >= 15 is 0 Å². The molecule has 20 aliphatic rings. The fourth-order valence-corrected chi connectivity index (χ4v) is 28.8. The Morgan fingerprint density at radius 2 is 0.908 bits per heavy atom. The maximum atomic E-state index is 11.9. The number of carboxylic acids is 5. The summed E-state index contributed by atoms with van der Waals surface area (Å²) in [5.41, 5.74) is 0.419. The monoisotopic (exact) mass is 1980 g/mol. The number of allylic oxidation sites excluding steroid dienone is 1. The second kappa shape index (κ2) is 53.9. The van der Waals surface area contributed by atoms with E-state index in [0.717, 1.165) is 226 Å². The Balaban J connectivity index is 0.000000192. The minimum absolute atomic E-state index is 0.0133. The highest BCUT2D eigenvalue weighted by molar-refractivity contribution is 5.82. The largest absolute Gasteiger partial charge is 0.511 e. The Kier molecular flexibility index (Phi) is 46.3. The summed E-state index contributed by atoms with van der Waals surface area (Å²) < 4.78 is 5.00. The molecule has 0 aromatic rings. The molecule has 7 N–H and O–H groups in total. The highest BCUT2D eigenvalue weighted by Crippen LogP contribution is 2.53. The van der Waals surface area contributed by atoms with Crippen molar-refractivity contribution in [3.05, 3.63) is 36.8 Å². The van der Waals surface area contributed by atoms with Crippen LogP contribution < -0.4 is 0 Å². The number of aliphatic carboxylic acids is 5. The van der Waals surface area contributed by atoms with Crippen LogP contribution in [0.5, 0.6) is 0 Å². The molecule has 0 radical (unpaired) electrons. The van der Waals surface area contributed by atoms with Gasteiger partial charge in [0.2, 0.25) is 0 Å². The van der Waals surface area contributed by atoms with E-state index in [1.54, 1.807) is 6.92 Å². The van der Waals surface area contributed by atoms with Crippen molar-refractivity contribution in [1.82, 2.24) is 49.0 Å². The van der Waals surface area contributed by atoms with E-state index in [-0.39, 0.29) is 40.8 Å². The van der Waals surface area contributed by atoms with Crippen molar-refractivity contribution >= 4 is 41.6 Å². The van der Waals surface area contributed by atoms with Crippen LogP contribution >= 0.6 is 0 Å². The van der Waals surface area contributed by atoms with Crippen LogP contribution in [0.15, 0.2) is 36.8 Å². The van der Waals surface area contributed by atoms with Crippen LogP contribution in [0, 0.1) is 117 Å². The number of methoxy groups -OCH3 is 1. The maximum Gasteiger partial charge on any atom is 0.324 e. The summed E-state index contributed by atoms with van der Waals surface area (Å²) in [7, 11) is 1.52. The lowest BCUT2D eigenvalue weighted by atomic mass is 9.62. The molecule has 812 valence electrons. The Bertz CT molecular complexity index is 3870. The Morgan fingerprint density at radius 1 is 0.433 bits per heavy atom. The number of carbonyl (C=O) groups excluding carboxylic acids is 2. The number of piperidine rings is 9. The van der Waals surface area contributed by atoms with E-state index in [9.17, 15) is 59.1 Å². The van der Waals surface area contributed by atoms with Crippen molar-refractivity contribution in [2.45, 2.75) is 405 Å². The van der Waals surface area contributed by atoms with Gasteiger partial charge in [-0.1, -0.05) is 178 Å². The molecule has 11 unspecified atom stereocenters. The molecule has 20 fully saturated rings. The third kappa shape index (κ3) is 32.5. The highest BCUT2D eigenvalue weighted by Gasteiger charge is 2.60. The van der Waals surface area contributed by atoms with Gasteiger partial charge in [0.25, 0.3) is 0 Å².